The third kappa shape index (κ3) is 3.61. The normalized spacial score (nSPS) is 11.0. The number of carbonyl (C=O) groups excluding carboxylic acids is 1. The largest absolute Gasteiger partial charge is 0.360 e. The number of thioether (sulfide) groups is 1. The Labute approximate surface area is 161 Å². The van der Waals surface area contributed by atoms with Crippen molar-refractivity contribution in [3.8, 4) is 0 Å². The van der Waals surface area contributed by atoms with Crippen molar-refractivity contribution in [1.82, 2.24) is 9.72 Å². The molecule has 5 nitrogen and oxygen atoms in total. The van der Waals surface area contributed by atoms with Gasteiger partial charge in [0.15, 0.2) is 0 Å². The molecule has 0 unspecified atom stereocenters. The number of fused-ring (bicyclic) bond motifs is 1. The second kappa shape index (κ2) is 7.32. The summed E-state index contributed by atoms with van der Waals surface area (Å²) in [5, 5.41) is 7.98. The molecule has 0 bridgehead atoms. The predicted octanol–water partition coefficient (Wildman–Crippen LogP) is 5.02. The summed E-state index contributed by atoms with van der Waals surface area (Å²) in [4.78, 5) is 13.8. The van der Waals surface area contributed by atoms with Gasteiger partial charge in [-0.15, -0.1) is 11.8 Å². The number of nitrogens with zero attached hydrogens (tertiary/aromatic N) is 2. The van der Waals surface area contributed by atoms with Gasteiger partial charge in [-0.3, -0.25) is 4.79 Å². The van der Waals surface area contributed by atoms with Gasteiger partial charge in [0.25, 0.3) is 5.91 Å². The maximum Gasteiger partial charge on any atom is 0.256 e. The van der Waals surface area contributed by atoms with E-state index in [0.717, 1.165) is 32.9 Å². The van der Waals surface area contributed by atoms with Crippen LogP contribution >= 0.6 is 11.8 Å². The number of rotatable bonds is 5. The van der Waals surface area contributed by atoms with Gasteiger partial charge in [-0.25, -0.2) is 0 Å². The van der Waals surface area contributed by atoms with E-state index in [1.165, 1.54) is 0 Å². The molecule has 0 aliphatic carbocycles. The van der Waals surface area contributed by atoms with E-state index in [1.807, 2.05) is 79.3 Å². The quantitative estimate of drug-likeness (QED) is 0.496. The lowest BCUT2D eigenvalue weighted by molar-refractivity contribution is 0.102. The van der Waals surface area contributed by atoms with E-state index < -0.39 is 0 Å². The Morgan fingerprint density at radius 1 is 1.19 bits per heavy atom. The minimum Gasteiger partial charge on any atom is -0.360 e. The molecule has 1 N–H and O–H groups in total. The molecule has 4 rings (SSSR count). The summed E-state index contributed by atoms with van der Waals surface area (Å²) >= 11 is 1.56. The van der Waals surface area contributed by atoms with Gasteiger partial charge in [-0.05, 0) is 37.3 Å². The highest BCUT2D eigenvalue weighted by atomic mass is 32.2. The Balaban J connectivity index is 1.56. The van der Waals surface area contributed by atoms with E-state index in [4.69, 9.17) is 4.52 Å². The van der Waals surface area contributed by atoms with Crippen molar-refractivity contribution < 1.29 is 9.32 Å². The highest BCUT2D eigenvalue weighted by Gasteiger charge is 2.14. The van der Waals surface area contributed by atoms with Crippen LogP contribution in [0.5, 0.6) is 0 Å². The van der Waals surface area contributed by atoms with Crippen molar-refractivity contribution >= 4 is 34.3 Å². The standard InChI is InChI=1S/C21H19N3O2S/c1-14-12-15(26-23-14)13-27-20-9-4-3-6-17(20)21(25)22-18-7-5-8-19-16(18)10-11-24(19)2/h3-12H,13H2,1-2H3,(H,22,25). The molecule has 0 atom stereocenters. The Hall–Kier alpha value is -2.99. The first-order valence-corrected chi connectivity index (χ1v) is 9.60. The second-order valence-electron chi connectivity index (χ2n) is 6.34. The number of hydrogen-bond acceptors (Lipinski definition) is 4. The molecule has 0 fully saturated rings. The van der Waals surface area contributed by atoms with E-state index in [0.29, 0.717) is 11.3 Å². The van der Waals surface area contributed by atoms with Crippen molar-refractivity contribution in [3.05, 3.63) is 77.8 Å². The average molecular weight is 377 g/mol. The molecule has 0 aliphatic rings. The average Bonchev–Trinajstić information content (AvgIpc) is 3.27. The Morgan fingerprint density at radius 2 is 2.04 bits per heavy atom. The molecule has 1 amide bonds. The van der Waals surface area contributed by atoms with Crippen LogP contribution in [-0.2, 0) is 12.8 Å². The summed E-state index contributed by atoms with van der Waals surface area (Å²) in [5.41, 5.74) is 3.39. The molecule has 27 heavy (non-hydrogen) atoms. The fraction of sp³-hybridized carbons (Fsp3) is 0.143. The third-order valence-corrected chi connectivity index (χ3v) is 5.45. The van der Waals surface area contributed by atoms with Gasteiger partial charge in [0.05, 0.1) is 22.7 Å². The molecule has 0 aliphatic heterocycles. The number of nitrogens with one attached hydrogen (secondary N) is 1. The van der Waals surface area contributed by atoms with Crippen LogP contribution in [0.1, 0.15) is 21.8 Å². The molecular formula is C21H19N3O2S. The molecule has 0 saturated carbocycles. The lowest BCUT2D eigenvalue weighted by Crippen LogP contribution is -2.13. The lowest BCUT2D eigenvalue weighted by Gasteiger charge is -2.10. The molecule has 4 aromatic rings. The lowest BCUT2D eigenvalue weighted by atomic mass is 10.1. The number of carbonyl (C=O) groups is 1. The molecule has 6 heteroatoms. The Morgan fingerprint density at radius 3 is 2.85 bits per heavy atom. The van der Waals surface area contributed by atoms with Gasteiger partial charge in [-0.1, -0.05) is 23.4 Å². The predicted molar refractivity (Wildman–Crippen MR) is 108 cm³/mol. The smallest absolute Gasteiger partial charge is 0.256 e. The van der Waals surface area contributed by atoms with Crippen molar-refractivity contribution in [1.29, 1.82) is 0 Å². The van der Waals surface area contributed by atoms with Crippen molar-refractivity contribution in [2.75, 3.05) is 5.32 Å². The number of hydrogen-bond donors (Lipinski definition) is 1. The molecule has 136 valence electrons. The van der Waals surface area contributed by atoms with Crippen LogP contribution in [0, 0.1) is 6.92 Å². The van der Waals surface area contributed by atoms with Crippen LogP contribution in [0.25, 0.3) is 10.9 Å². The number of benzene rings is 2. The molecule has 0 saturated heterocycles. The van der Waals surface area contributed by atoms with E-state index >= 15 is 0 Å². The highest BCUT2D eigenvalue weighted by Crippen LogP contribution is 2.29. The fourth-order valence-corrected chi connectivity index (χ4v) is 3.94. The van der Waals surface area contributed by atoms with Crippen molar-refractivity contribution in [2.24, 2.45) is 7.05 Å². The zero-order valence-electron chi connectivity index (χ0n) is 15.1. The van der Waals surface area contributed by atoms with Crippen LogP contribution in [0.3, 0.4) is 0 Å². The first kappa shape index (κ1) is 17.4. The molecule has 0 radical (unpaired) electrons. The third-order valence-electron chi connectivity index (χ3n) is 4.35. The van der Waals surface area contributed by atoms with E-state index in [9.17, 15) is 4.79 Å². The van der Waals surface area contributed by atoms with Gasteiger partial charge in [-0.2, -0.15) is 0 Å². The molecule has 2 aromatic heterocycles. The van der Waals surface area contributed by atoms with Crippen LogP contribution < -0.4 is 5.32 Å². The summed E-state index contributed by atoms with van der Waals surface area (Å²) in [5.74, 6) is 1.30. The van der Waals surface area contributed by atoms with E-state index in [-0.39, 0.29) is 5.91 Å². The van der Waals surface area contributed by atoms with Gasteiger partial charge in [0.1, 0.15) is 5.76 Å². The van der Waals surface area contributed by atoms with Crippen LogP contribution in [0.15, 0.2) is 70.2 Å². The number of anilines is 1. The minimum absolute atomic E-state index is 0.122. The number of amides is 1. The maximum atomic E-state index is 12.9. The van der Waals surface area contributed by atoms with Crippen LogP contribution in [0.2, 0.25) is 0 Å². The van der Waals surface area contributed by atoms with E-state index in [2.05, 4.69) is 10.5 Å². The van der Waals surface area contributed by atoms with Gasteiger partial charge < -0.3 is 14.4 Å². The van der Waals surface area contributed by atoms with Gasteiger partial charge in [0.2, 0.25) is 0 Å². The summed E-state index contributed by atoms with van der Waals surface area (Å²) in [6.45, 7) is 1.89. The molecule has 0 spiro atoms. The zero-order valence-corrected chi connectivity index (χ0v) is 15.9. The van der Waals surface area contributed by atoms with Crippen molar-refractivity contribution in [2.45, 2.75) is 17.6 Å². The van der Waals surface area contributed by atoms with Crippen LogP contribution in [-0.4, -0.2) is 15.6 Å². The summed E-state index contributed by atoms with van der Waals surface area (Å²) < 4.78 is 7.29. The van der Waals surface area contributed by atoms with E-state index in [1.54, 1.807) is 11.8 Å². The molecule has 2 aromatic carbocycles. The Bertz CT molecular complexity index is 1110. The topological polar surface area (TPSA) is 60.1 Å². The number of aromatic nitrogens is 2. The zero-order chi connectivity index (χ0) is 18.8. The molecular weight excluding hydrogens is 358 g/mol. The number of aryl methyl sites for hydroxylation is 2. The maximum absolute atomic E-state index is 12.9. The summed E-state index contributed by atoms with van der Waals surface area (Å²) in [7, 11) is 1.99. The molecule has 2 heterocycles. The summed E-state index contributed by atoms with van der Waals surface area (Å²) in [6.07, 6.45) is 1.99. The SMILES string of the molecule is Cc1cc(CSc2ccccc2C(=O)Nc2cccc3c2ccn3C)on1. The fourth-order valence-electron chi connectivity index (χ4n) is 3.01. The summed E-state index contributed by atoms with van der Waals surface area (Å²) in [6, 6.07) is 17.4. The first-order valence-electron chi connectivity index (χ1n) is 8.61. The minimum atomic E-state index is -0.122. The first-order chi connectivity index (χ1) is 13.1. The van der Waals surface area contributed by atoms with Crippen LogP contribution in [0.4, 0.5) is 5.69 Å². The Kier molecular flexibility index (Phi) is 4.73. The van der Waals surface area contributed by atoms with Gasteiger partial charge in [0, 0.05) is 35.1 Å². The highest BCUT2D eigenvalue weighted by molar-refractivity contribution is 7.98. The monoisotopic (exact) mass is 377 g/mol. The van der Waals surface area contributed by atoms with Crippen molar-refractivity contribution in [3.63, 3.8) is 0 Å². The van der Waals surface area contributed by atoms with Gasteiger partial charge >= 0.3 is 0 Å². The second-order valence-corrected chi connectivity index (χ2v) is 7.36.